The van der Waals surface area contributed by atoms with E-state index < -0.39 is 5.41 Å². The smallest absolute Gasteiger partial charge is 0.251 e. The Morgan fingerprint density at radius 2 is 1.62 bits per heavy atom. The number of ether oxygens (including phenoxy) is 2. The molecule has 6 heteroatoms. The molecule has 0 spiro atoms. The van der Waals surface area contributed by atoms with E-state index in [9.17, 15) is 9.59 Å². The molecule has 1 aliphatic carbocycles. The Bertz CT molecular complexity index is 991. The molecule has 0 radical (unpaired) electrons. The van der Waals surface area contributed by atoms with Crippen molar-refractivity contribution in [2.24, 2.45) is 0 Å². The second kappa shape index (κ2) is 8.85. The van der Waals surface area contributed by atoms with Gasteiger partial charge in [-0.2, -0.15) is 0 Å². The third-order valence-electron chi connectivity index (χ3n) is 6.73. The van der Waals surface area contributed by atoms with Gasteiger partial charge < -0.3 is 20.1 Å². The van der Waals surface area contributed by atoms with Crippen molar-refractivity contribution in [3.8, 4) is 11.5 Å². The van der Waals surface area contributed by atoms with Crippen molar-refractivity contribution in [1.82, 2.24) is 5.32 Å². The van der Waals surface area contributed by atoms with Crippen LogP contribution in [-0.4, -0.2) is 30.6 Å². The fourth-order valence-electron chi connectivity index (χ4n) is 4.39. The molecule has 0 atom stereocenters. The Kier molecular flexibility index (Phi) is 6.13. The lowest BCUT2D eigenvalue weighted by atomic mass is 9.77. The lowest BCUT2D eigenvalue weighted by molar-refractivity contribution is -0.121. The van der Waals surface area contributed by atoms with Crippen LogP contribution in [-0.2, 0) is 10.2 Å². The number of carbonyl (C=O) groups excluding carboxylic acids is 2. The fourth-order valence-corrected chi connectivity index (χ4v) is 4.39. The molecule has 0 bridgehead atoms. The van der Waals surface area contributed by atoms with Gasteiger partial charge in [0.2, 0.25) is 5.91 Å². The largest absolute Gasteiger partial charge is 0.486 e. The molecule has 2 aromatic carbocycles. The molecule has 170 valence electrons. The number of hydrogen-bond acceptors (Lipinski definition) is 4. The van der Waals surface area contributed by atoms with Crippen LogP contribution in [0, 0.1) is 0 Å². The van der Waals surface area contributed by atoms with Crippen LogP contribution in [0.15, 0.2) is 42.5 Å². The number of anilines is 1. The Morgan fingerprint density at radius 3 is 2.28 bits per heavy atom. The van der Waals surface area contributed by atoms with Crippen LogP contribution < -0.4 is 20.1 Å². The van der Waals surface area contributed by atoms with Crippen molar-refractivity contribution in [2.45, 2.75) is 63.8 Å². The van der Waals surface area contributed by atoms with Crippen molar-refractivity contribution in [1.29, 1.82) is 0 Å². The highest BCUT2D eigenvalue weighted by Crippen LogP contribution is 2.45. The van der Waals surface area contributed by atoms with Gasteiger partial charge in [-0.25, -0.2) is 0 Å². The first kappa shape index (κ1) is 22.2. The van der Waals surface area contributed by atoms with Crippen molar-refractivity contribution in [3.63, 3.8) is 0 Å². The molecule has 4 rings (SSSR count). The molecule has 1 fully saturated rings. The first-order valence-corrected chi connectivity index (χ1v) is 11.5. The van der Waals surface area contributed by atoms with Gasteiger partial charge in [-0.3, -0.25) is 9.59 Å². The fraction of sp³-hybridized carbons (Fsp3) is 0.462. The molecule has 1 saturated carbocycles. The maximum absolute atomic E-state index is 13.5. The van der Waals surface area contributed by atoms with Crippen molar-refractivity contribution < 1.29 is 19.1 Å². The monoisotopic (exact) mass is 436 g/mol. The van der Waals surface area contributed by atoms with E-state index >= 15 is 0 Å². The zero-order valence-corrected chi connectivity index (χ0v) is 19.1. The zero-order valence-electron chi connectivity index (χ0n) is 19.1. The van der Waals surface area contributed by atoms with Crippen molar-refractivity contribution in [3.05, 3.63) is 53.6 Å². The Morgan fingerprint density at radius 1 is 0.969 bits per heavy atom. The molecule has 32 heavy (non-hydrogen) atoms. The zero-order chi connectivity index (χ0) is 22.8. The summed E-state index contributed by atoms with van der Waals surface area (Å²) in [6.45, 7) is 7.10. The van der Waals surface area contributed by atoms with Gasteiger partial charge in [0.25, 0.3) is 5.91 Å². The van der Waals surface area contributed by atoms with Gasteiger partial charge in [0, 0.05) is 16.8 Å². The number of fused-ring (bicyclic) bond motifs is 1. The molecular weight excluding hydrogens is 404 g/mol. The molecule has 0 aromatic heterocycles. The van der Waals surface area contributed by atoms with E-state index in [1.54, 1.807) is 24.3 Å². The second-order valence-electron chi connectivity index (χ2n) is 9.37. The molecule has 2 aromatic rings. The quantitative estimate of drug-likeness (QED) is 0.680. The minimum Gasteiger partial charge on any atom is -0.486 e. The number of amides is 2. The first-order valence-electron chi connectivity index (χ1n) is 11.5. The minimum atomic E-state index is -0.586. The number of rotatable bonds is 6. The predicted molar refractivity (Wildman–Crippen MR) is 124 cm³/mol. The Balaban J connectivity index is 1.51. The van der Waals surface area contributed by atoms with Crippen LogP contribution in [0.25, 0.3) is 0 Å². The predicted octanol–water partition coefficient (Wildman–Crippen LogP) is 4.83. The van der Waals surface area contributed by atoms with E-state index in [4.69, 9.17) is 9.47 Å². The normalized spacial score (nSPS) is 17.0. The molecule has 6 nitrogen and oxygen atoms in total. The van der Waals surface area contributed by atoms with Gasteiger partial charge in [0.1, 0.15) is 13.2 Å². The average Bonchev–Trinajstić information content (AvgIpc) is 3.30. The van der Waals surface area contributed by atoms with Crippen LogP contribution in [0.4, 0.5) is 5.69 Å². The van der Waals surface area contributed by atoms with E-state index in [0.29, 0.717) is 30.2 Å². The molecule has 1 heterocycles. The number of benzene rings is 2. The van der Waals surface area contributed by atoms with E-state index in [1.807, 2.05) is 39.0 Å². The van der Waals surface area contributed by atoms with Crippen molar-refractivity contribution >= 4 is 17.5 Å². The van der Waals surface area contributed by atoms with Gasteiger partial charge >= 0.3 is 0 Å². The molecule has 2 aliphatic rings. The maximum Gasteiger partial charge on any atom is 0.251 e. The van der Waals surface area contributed by atoms with Gasteiger partial charge in [0.15, 0.2) is 11.5 Å². The summed E-state index contributed by atoms with van der Waals surface area (Å²) in [5, 5.41) is 6.12. The van der Waals surface area contributed by atoms with Crippen LogP contribution >= 0.6 is 0 Å². The molecule has 1 aliphatic heterocycles. The summed E-state index contributed by atoms with van der Waals surface area (Å²) in [4.78, 5) is 26.0. The third kappa shape index (κ3) is 4.45. The summed E-state index contributed by atoms with van der Waals surface area (Å²) in [7, 11) is 0. The van der Waals surface area contributed by atoms with Crippen molar-refractivity contribution in [2.75, 3.05) is 18.5 Å². The minimum absolute atomic E-state index is 0.0176. The van der Waals surface area contributed by atoms with E-state index in [-0.39, 0.29) is 17.4 Å². The maximum atomic E-state index is 13.5. The Hall–Kier alpha value is -3.02. The second-order valence-corrected chi connectivity index (χ2v) is 9.37. The third-order valence-corrected chi connectivity index (χ3v) is 6.73. The number of nitrogens with one attached hydrogen (secondary N) is 2. The highest BCUT2D eigenvalue weighted by atomic mass is 16.6. The lowest BCUT2D eigenvalue weighted by Gasteiger charge is -2.30. The van der Waals surface area contributed by atoms with Crippen LogP contribution in [0.1, 0.15) is 68.8 Å². The highest BCUT2D eigenvalue weighted by Gasteiger charge is 2.43. The van der Waals surface area contributed by atoms with E-state index in [0.717, 1.165) is 43.4 Å². The highest BCUT2D eigenvalue weighted by molar-refractivity contribution is 6.00. The van der Waals surface area contributed by atoms with Gasteiger partial charge in [-0.05, 0) is 75.1 Å². The Labute approximate surface area is 189 Å². The first-order chi connectivity index (χ1) is 15.3. The summed E-state index contributed by atoms with van der Waals surface area (Å²) in [6, 6.07) is 12.9. The van der Waals surface area contributed by atoms with Crippen LogP contribution in [0.2, 0.25) is 0 Å². The molecule has 2 amide bonds. The average molecular weight is 437 g/mol. The summed E-state index contributed by atoms with van der Waals surface area (Å²) < 4.78 is 11.4. The lowest BCUT2D eigenvalue weighted by Crippen LogP contribution is -2.42. The van der Waals surface area contributed by atoms with E-state index in [2.05, 4.69) is 10.6 Å². The van der Waals surface area contributed by atoms with E-state index in [1.165, 1.54) is 0 Å². The van der Waals surface area contributed by atoms with Gasteiger partial charge in [-0.1, -0.05) is 25.8 Å². The summed E-state index contributed by atoms with van der Waals surface area (Å²) in [6.07, 6.45) is 4.45. The van der Waals surface area contributed by atoms with Crippen LogP contribution in [0.3, 0.4) is 0 Å². The standard InChI is InChI=1S/C26H32N2O4/c1-4-25(2,3)28-23(29)18-7-10-20(11-8-18)27-24(30)26(13-5-6-14-26)19-9-12-21-22(17-19)32-16-15-31-21/h7-12,17H,4-6,13-16H2,1-3H3,(H,27,30)(H,28,29). The summed E-state index contributed by atoms with van der Waals surface area (Å²) in [5.41, 5.74) is 1.38. The molecule has 0 saturated heterocycles. The SMILES string of the molecule is CCC(C)(C)NC(=O)c1ccc(NC(=O)C2(c3ccc4c(c3)OCCO4)CCCC2)cc1. The molecular formula is C26H32N2O4. The molecule has 2 N–H and O–H groups in total. The summed E-state index contributed by atoms with van der Waals surface area (Å²) >= 11 is 0. The number of carbonyl (C=O) groups is 2. The number of hydrogen-bond donors (Lipinski definition) is 2. The molecule has 0 unspecified atom stereocenters. The topological polar surface area (TPSA) is 76.7 Å². The summed E-state index contributed by atoms with van der Waals surface area (Å²) in [5.74, 6) is 1.31. The van der Waals surface area contributed by atoms with Gasteiger partial charge in [0.05, 0.1) is 5.41 Å². The van der Waals surface area contributed by atoms with Gasteiger partial charge in [-0.15, -0.1) is 0 Å². The van der Waals surface area contributed by atoms with Crippen LogP contribution in [0.5, 0.6) is 11.5 Å².